The Balaban J connectivity index is 1.74. The Morgan fingerprint density at radius 2 is 2.12 bits per heavy atom. The Kier molecular flexibility index (Phi) is 1.97. The number of amides is 1. The standard InChI is InChI=1S/C12H20N2O2/c1-11(2)8(6-9(11)16-3)14-7-13-12(4-5-12)10(14)15/h8-9,13H,4-7H2,1-3H3. The number of methoxy groups -OCH3 is 1. The van der Waals surface area contributed by atoms with Crippen molar-refractivity contribution in [2.45, 2.75) is 50.8 Å². The Bertz CT molecular complexity index is 336. The summed E-state index contributed by atoms with van der Waals surface area (Å²) in [4.78, 5) is 14.3. The summed E-state index contributed by atoms with van der Waals surface area (Å²) in [7, 11) is 1.76. The molecular weight excluding hydrogens is 204 g/mol. The van der Waals surface area contributed by atoms with Gasteiger partial charge in [-0.15, -0.1) is 0 Å². The summed E-state index contributed by atoms with van der Waals surface area (Å²) in [6.45, 7) is 5.12. The normalized spacial score (nSPS) is 38.9. The third-order valence-corrected chi connectivity index (χ3v) is 4.79. The lowest BCUT2D eigenvalue weighted by molar-refractivity contribution is -0.157. The highest BCUT2D eigenvalue weighted by Gasteiger charge is 2.61. The van der Waals surface area contributed by atoms with Gasteiger partial charge in [-0.1, -0.05) is 13.8 Å². The summed E-state index contributed by atoms with van der Waals surface area (Å²) in [5.41, 5.74) is -0.0687. The van der Waals surface area contributed by atoms with Crippen molar-refractivity contribution in [3.63, 3.8) is 0 Å². The molecule has 1 saturated heterocycles. The molecule has 0 aromatic carbocycles. The summed E-state index contributed by atoms with van der Waals surface area (Å²) in [5, 5.41) is 3.36. The fourth-order valence-corrected chi connectivity index (χ4v) is 3.22. The second-order valence-corrected chi connectivity index (χ2v) is 5.99. The second kappa shape index (κ2) is 2.99. The maximum absolute atomic E-state index is 12.2. The van der Waals surface area contributed by atoms with Gasteiger partial charge in [0.1, 0.15) is 0 Å². The van der Waals surface area contributed by atoms with Crippen LogP contribution in [-0.2, 0) is 9.53 Å². The van der Waals surface area contributed by atoms with Gasteiger partial charge in [0.15, 0.2) is 0 Å². The number of ether oxygens (including phenoxy) is 1. The summed E-state index contributed by atoms with van der Waals surface area (Å²) in [6, 6.07) is 0.345. The van der Waals surface area contributed by atoms with Crippen molar-refractivity contribution in [2.24, 2.45) is 5.41 Å². The largest absolute Gasteiger partial charge is 0.381 e. The molecule has 4 heteroatoms. The van der Waals surface area contributed by atoms with Crippen LogP contribution in [-0.4, -0.2) is 42.3 Å². The van der Waals surface area contributed by atoms with Crippen molar-refractivity contribution in [3.05, 3.63) is 0 Å². The molecular formula is C12H20N2O2. The van der Waals surface area contributed by atoms with Crippen molar-refractivity contribution in [1.29, 1.82) is 0 Å². The van der Waals surface area contributed by atoms with Crippen LogP contribution in [0.15, 0.2) is 0 Å². The quantitative estimate of drug-likeness (QED) is 0.751. The van der Waals surface area contributed by atoms with Crippen molar-refractivity contribution in [2.75, 3.05) is 13.8 Å². The molecule has 3 fully saturated rings. The van der Waals surface area contributed by atoms with E-state index in [2.05, 4.69) is 19.2 Å². The first kappa shape index (κ1) is 10.5. The molecule has 2 aliphatic carbocycles. The molecule has 0 aromatic heterocycles. The molecule has 2 saturated carbocycles. The van der Waals surface area contributed by atoms with Crippen LogP contribution in [0.25, 0.3) is 0 Å². The van der Waals surface area contributed by atoms with Gasteiger partial charge in [0.25, 0.3) is 0 Å². The highest BCUT2D eigenvalue weighted by molar-refractivity contribution is 5.91. The number of nitrogens with zero attached hydrogens (tertiary/aromatic N) is 1. The summed E-state index contributed by atoms with van der Waals surface area (Å²) in [5.74, 6) is 0.320. The predicted molar refractivity (Wildman–Crippen MR) is 59.8 cm³/mol. The summed E-state index contributed by atoms with van der Waals surface area (Å²) >= 11 is 0. The van der Waals surface area contributed by atoms with E-state index >= 15 is 0 Å². The van der Waals surface area contributed by atoms with Gasteiger partial charge in [0.05, 0.1) is 18.3 Å². The number of nitrogens with one attached hydrogen (secondary N) is 1. The van der Waals surface area contributed by atoms with Gasteiger partial charge in [0.2, 0.25) is 5.91 Å². The maximum Gasteiger partial charge on any atom is 0.244 e. The number of carbonyl (C=O) groups excluding carboxylic acids is 1. The molecule has 2 unspecified atom stereocenters. The van der Waals surface area contributed by atoms with Crippen molar-refractivity contribution in [3.8, 4) is 0 Å². The SMILES string of the molecule is COC1CC(N2CNC3(CC3)C2=O)C1(C)C. The van der Waals surface area contributed by atoms with Gasteiger partial charge in [-0.25, -0.2) is 0 Å². The van der Waals surface area contributed by atoms with Crippen molar-refractivity contribution in [1.82, 2.24) is 10.2 Å². The number of carbonyl (C=O) groups is 1. The minimum absolute atomic E-state index is 0.0898. The lowest BCUT2D eigenvalue weighted by Gasteiger charge is -2.54. The molecule has 4 nitrogen and oxygen atoms in total. The maximum atomic E-state index is 12.2. The van der Waals surface area contributed by atoms with Gasteiger partial charge >= 0.3 is 0 Å². The first-order valence-electron chi connectivity index (χ1n) is 6.10. The monoisotopic (exact) mass is 224 g/mol. The first-order chi connectivity index (χ1) is 7.51. The Labute approximate surface area is 96.3 Å². The van der Waals surface area contributed by atoms with Crippen molar-refractivity contribution >= 4 is 5.91 Å². The Morgan fingerprint density at radius 1 is 1.44 bits per heavy atom. The molecule has 1 heterocycles. The first-order valence-corrected chi connectivity index (χ1v) is 6.10. The van der Waals surface area contributed by atoms with E-state index in [1.54, 1.807) is 7.11 Å². The van der Waals surface area contributed by atoms with Crippen LogP contribution in [0.2, 0.25) is 0 Å². The van der Waals surface area contributed by atoms with E-state index in [9.17, 15) is 4.79 Å². The van der Waals surface area contributed by atoms with E-state index in [0.717, 1.165) is 25.9 Å². The average Bonchev–Trinajstić information content (AvgIpc) is 2.95. The van der Waals surface area contributed by atoms with Gasteiger partial charge in [-0.05, 0) is 19.3 Å². The zero-order valence-electron chi connectivity index (χ0n) is 10.2. The molecule has 2 atom stereocenters. The summed E-state index contributed by atoms with van der Waals surface area (Å²) < 4.78 is 5.44. The molecule has 3 aliphatic rings. The van der Waals surface area contributed by atoms with Crippen LogP contribution in [0, 0.1) is 5.41 Å². The number of hydrogen-bond acceptors (Lipinski definition) is 3. The topological polar surface area (TPSA) is 41.6 Å². The van der Waals surface area contributed by atoms with Crippen LogP contribution in [0.3, 0.4) is 0 Å². The molecule has 0 radical (unpaired) electrons. The van der Waals surface area contributed by atoms with Crippen LogP contribution in [0.5, 0.6) is 0 Å². The molecule has 1 N–H and O–H groups in total. The van der Waals surface area contributed by atoms with Crippen LogP contribution in [0.4, 0.5) is 0 Å². The van der Waals surface area contributed by atoms with E-state index in [4.69, 9.17) is 4.74 Å². The molecule has 16 heavy (non-hydrogen) atoms. The molecule has 3 rings (SSSR count). The van der Waals surface area contributed by atoms with Crippen LogP contribution >= 0.6 is 0 Å². The fourth-order valence-electron chi connectivity index (χ4n) is 3.22. The third-order valence-electron chi connectivity index (χ3n) is 4.79. The van der Waals surface area contributed by atoms with Gasteiger partial charge in [-0.3, -0.25) is 10.1 Å². The number of hydrogen-bond donors (Lipinski definition) is 1. The van der Waals surface area contributed by atoms with E-state index < -0.39 is 0 Å². The second-order valence-electron chi connectivity index (χ2n) is 5.99. The minimum atomic E-state index is -0.158. The molecule has 1 spiro atoms. The zero-order chi connectivity index (χ0) is 11.6. The molecule has 1 amide bonds. The van der Waals surface area contributed by atoms with E-state index in [1.807, 2.05) is 4.90 Å². The highest BCUT2D eigenvalue weighted by Crippen LogP contribution is 2.49. The van der Waals surface area contributed by atoms with Gasteiger partial charge in [0, 0.05) is 18.6 Å². The van der Waals surface area contributed by atoms with Crippen molar-refractivity contribution < 1.29 is 9.53 Å². The highest BCUT2D eigenvalue weighted by atomic mass is 16.5. The molecule has 1 aliphatic heterocycles. The number of rotatable bonds is 2. The Morgan fingerprint density at radius 3 is 2.56 bits per heavy atom. The average molecular weight is 224 g/mol. The lowest BCUT2D eigenvalue weighted by atomic mass is 9.64. The van der Waals surface area contributed by atoms with E-state index in [-0.39, 0.29) is 11.0 Å². The third kappa shape index (κ3) is 1.14. The minimum Gasteiger partial charge on any atom is -0.381 e. The lowest BCUT2D eigenvalue weighted by Crippen LogP contribution is -2.62. The molecule has 90 valence electrons. The van der Waals surface area contributed by atoms with Crippen LogP contribution in [0.1, 0.15) is 33.1 Å². The zero-order valence-corrected chi connectivity index (χ0v) is 10.2. The fraction of sp³-hybridized carbons (Fsp3) is 0.917. The van der Waals surface area contributed by atoms with Gasteiger partial charge in [-0.2, -0.15) is 0 Å². The summed E-state index contributed by atoms with van der Waals surface area (Å²) in [6.07, 6.45) is 3.31. The van der Waals surface area contributed by atoms with E-state index in [0.29, 0.717) is 18.1 Å². The molecule has 0 bridgehead atoms. The molecule has 0 aromatic rings. The van der Waals surface area contributed by atoms with Crippen LogP contribution < -0.4 is 5.32 Å². The van der Waals surface area contributed by atoms with E-state index in [1.165, 1.54) is 0 Å². The Hall–Kier alpha value is -0.610. The smallest absolute Gasteiger partial charge is 0.244 e. The van der Waals surface area contributed by atoms with Gasteiger partial charge < -0.3 is 9.64 Å². The predicted octanol–water partition coefficient (Wildman–Crippen LogP) is 0.722.